The first-order chi connectivity index (χ1) is 10.3. The van der Waals surface area contributed by atoms with E-state index in [0.29, 0.717) is 12.0 Å². The van der Waals surface area contributed by atoms with Gasteiger partial charge in [0.25, 0.3) is 0 Å². The average Bonchev–Trinajstić information content (AvgIpc) is 2.98. The van der Waals surface area contributed by atoms with E-state index in [0.717, 1.165) is 12.2 Å². The van der Waals surface area contributed by atoms with E-state index in [9.17, 15) is 0 Å². The van der Waals surface area contributed by atoms with Gasteiger partial charge in [-0.25, -0.2) is 4.68 Å². The fourth-order valence-corrected chi connectivity index (χ4v) is 3.47. The Labute approximate surface area is 126 Å². The summed E-state index contributed by atoms with van der Waals surface area (Å²) in [7, 11) is 4.27. The highest BCUT2D eigenvalue weighted by atomic mass is 15.3. The van der Waals surface area contributed by atoms with Crippen LogP contribution in [-0.4, -0.2) is 41.9 Å². The number of likely N-dealkylation sites (tertiary alicyclic amines) is 1. The summed E-state index contributed by atoms with van der Waals surface area (Å²) in [6, 6.07) is 10.8. The molecule has 4 heteroatoms. The second kappa shape index (κ2) is 6.41. The Kier molecular flexibility index (Phi) is 4.36. The maximum absolute atomic E-state index is 4.56. The zero-order valence-corrected chi connectivity index (χ0v) is 12.9. The van der Waals surface area contributed by atoms with Crippen molar-refractivity contribution in [3.8, 4) is 5.69 Å². The van der Waals surface area contributed by atoms with Gasteiger partial charge in [-0.15, -0.1) is 0 Å². The van der Waals surface area contributed by atoms with Gasteiger partial charge in [0.15, 0.2) is 0 Å². The van der Waals surface area contributed by atoms with Crippen molar-refractivity contribution in [2.45, 2.75) is 18.9 Å². The molecule has 112 valence electrons. The lowest BCUT2D eigenvalue weighted by Gasteiger charge is -2.38. The molecule has 2 atom stereocenters. The van der Waals surface area contributed by atoms with Crippen LogP contribution < -0.4 is 5.32 Å². The summed E-state index contributed by atoms with van der Waals surface area (Å²) in [4.78, 5) is 2.47. The first kappa shape index (κ1) is 14.3. The van der Waals surface area contributed by atoms with Crippen LogP contribution in [0.4, 0.5) is 0 Å². The molecule has 0 aliphatic carbocycles. The zero-order valence-electron chi connectivity index (χ0n) is 12.9. The highest BCUT2D eigenvalue weighted by Crippen LogP contribution is 2.34. The quantitative estimate of drug-likeness (QED) is 0.936. The normalized spacial score (nSPS) is 23.3. The summed E-state index contributed by atoms with van der Waals surface area (Å²) in [5.74, 6) is 0.655. The molecule has 0 radical (unpaired) electrons. The zero-order chi connectivity index (χ0) is 14.7. The van der Waals surface area contributed by atoms with E-state index in [1.807, 2.05) is 36.1 Å². The lowest BCUT2D eigenvalue weighted by Crippen LogP contribution is -2.39. The Morgan fingerprint density at radius 2 is 2.10 bits per heavy atom. The van der Waals surface area contributed by atoms with Gasteiger partial charge >= 0.3 is 0 Å². The van der Waals surface area contributed by atoms with Crippen LogP contribution in [0.25, 0.3) is 5.69 Å². The maximum atomic E-state index is 4.56. The van der Waals surface area contributed by atoms with Gasteiger partial charge in [-0.1, -0.05) is 18.2 Å². The number of nitrogens with one attached hydrogen (secondary N) is 1. The van der Waals surface area contributed by atoms with E-state index >= 15 is 0 Å². The highest BCUT2D eigenvalue weighted by molar-refractivity contribution is 5.31. The lowest BCUT2D eigenvalue weighted by molar-refractivity contribution is 0.121. The second-order valence-electron chi connectivity index (χ2n) is 5.94. The van der Waals surface area contributed by atoms with Crippen LogP contribution in [0.5, 0.6) is 0 Å². The van der Waals surface area contributed by atoms with Crippen molar-refractivity contribution in [3.05, 3.63) is 48.3 Å². The molecule has 3 rings (SSSR count). The summed E-state index contributed by atoms with van der Waals surface area (Å²) < 4.78 is 1.98. The van der Waals surface area contributed by atoms with Crippen molar-refractivity contribution in [1.29, 1.82) is 0 Å². The van der Waals surface area contributed by atoms with Gasteiger partial charge in [-0.2, -0.15) is 5.10 Å². The van der Waals surface area contributed by atoms with Gasteiger partial charge in [-0.3, -0.25) is 4.90 Å². The third kappa shape index (κ3) is 3.01. The monoisotopic (exact) mass is 284 g/mol. The molecule has 1 aromatic heterocycles. The molecular weight excluding hydrogens is 260 g/mol. The molecule has 2 heterocycles. The number of hydrogen-bond donors (Lipinski definition) is 1. The molecule has 1 N–H and O–H groups in total. The van der Waals surface area contributed by atoms with Gasteiger partial charge < -0.3 is 5.32 Å². The highest BCUT2D eigenvalue weighted by Gasteiger charge is 2.30. The minimum atomic E-state index is 0.462. The summed E-state index contributed by atoms with van der Waals surface area (Å²) in [6.45, 7) is 2.23. The summed E-state index contributed by atoms with van der Waals surface area (Å²) in [5, 5.41) is 7.90. The molecule has 0 spiro atoms. The van der Waals surface area contributed by atoms with Crippen LogP contribution in [0.1, 0.15) is 24.4 Å². The molecule has 0 saturated carbocycles. The smallest absolute Gasteiger partial charge is 0.0645 e. The Morgan fingerprint density at radius 3 is 2.86 bits per heavy atom. The topological polar surface area (TPSA) is 33.1 Å². The summed E-state index contributed by atoms with van der Waals surface area (Å²) >= 11 is 0. The van der Waals surface area contributed by atoms with Crippen molar-refractivity contribution in [3.63, 3.8) is 0 Å². The SMILES string of the molecule is CNCC1CCCN(C)C1c1cnn(-c2ccccc2)c1. The van der Waals surface area contributed by atoms with Gasteiger partial charge in [0.1, 0.15) is 0 Å². The van der Waals surface area contributed by atoms with Crippen LogP contribution >= 0.6 is 0 Å². The van der Waals surface area contributed by atoms with E-state index in [2.05, 4.69) is 40.7 Å². The fraction of sp³-hybridized carbons (Fsp3) is 0.471. The number of benzene rings is 1. The molecule has 1 aliphatic heterocycles. The Bertz CT molecular complexity index is 561. The first-order valence-corrected chi connectivity index (χ1v) is 7.74. The molecule has 0 bridgehead atoms. The third-order valence-electron chi connectivity index (χ3n) is 4.44. The predicted octanol–water partition coefficient (Wildman–Crippen LogP) is 2.47. The van der Waals surface area contributed by atoms with Crippen molar-refractivity contribution in [2.24, 2.45) is 5.92 Å². The summed E-state index contributed by atoms with van der Waals surface area (Å²) in [5.41, 5.74) is 2.44. The van der Waals surface area contributed by atoms with E-state index in [-0.39, 0.29) is 0 Å². The van der Waals surface area contributed by atoms with Crippen LogP contribution in [0.3, 0.4) is 0 Å². The van der Waals surface area contributed by atoms with E-state index < -0.39 is 0 Å². The molecule has 1 aromatic carbocycles. The number of aromatic nitrogens is 2. The van der Waals surface area contributed by atoms with Crippen LogP contribution in [-0.2, 0) is 0 Å². The predicted molar refractivity (Wildman–Crippen MR) is 85.6 cm³/mol. The molecule has 1 saturated heterocycles. The van der Waals surface area contributed by atoms with Crippen molar-refractivity contribution in [2.75, 3.05) is 27.2 Å². The fourth-order valence-electron chi connectivity index (χ4n) is 3.47. The third-order valence-corrected chi connectivity index (χ3v) is 4.44. The number of hydrogen-bond acceptors (Lipinski definition) is 3. The summed E-state index contributed by atoms with van der Waals surface area (Å²) in [6.07, 6.45) is 6.78. The Morgan fingerprint density at radius 1 is 1.29 bits per heavy atom. The van der Waals surface area contributed by atoms with Crippen LogP contribution in [0.2, 0.25) is 0 Å². The van der Waals surface area contributed by atoms with Gasteiger partial charge in [0, 0.05) is 17.8 Å². The molecule has 2 unspecified atom stereocenters. The van der Waals surface area contributed by atoms with Gasteiger partial charge in [0.2, 0.25) is 0 Å². The lowest BCUT2D eigenvalue weighted by atomic mass is 9.86. The standard InChI is InChI=1S/C17H24N4/c1-18-11-14-7-6-10-20(2)17(14)15-12-19-21(13-15)16-8-4-3-5-9-16/h3-5,8-9,12-14,17-18H,6-7,10-11H2,1-2H3. The Hall–Kier alpha value is -1.65. The average molecular weight is 284 g/mol. The van der Waals surface area contributed by atoms with Gasteiger partial charge in [0.05, 0.1) is 11.9 Å². The molecule has 21 heavy (non-hydrogen) atoms. The van der Waals surface area contributed by atoms with Crippen LogP contribution in [0, 0.1) is 5.92 Å². The molecule has 0 amide bonds. The number of rotatable bonds is 4. The van der Waals surface area contributed by atoms with E-state index in [1.165, 1.54) is 24.9 Å². The second-order valence-corrected chi connectivity index (χ2v) is 5.94. The molecule has 1 fully saturated rings. The minimum Gasteiger partial charge on any atom is -0.319 e. The van der Waals surface area contributed by atoms with Crippen LogP contribution in [0.15, 0.2) is 42.7 Å². The van der Waals surface area contributed by atoms with E-state index in [1.54, 1.807) is 0 Å². The first-order valence-electron chi connectivity index (χ1n) is 7.74. The molecule has 1 aliphatic rings. The number of piperidine rings is 1. The van der Waals surface area contributed by atoms with Gasteiger partial charge in [-0.05, 0) is 58.1 Å². The largest absolute Gasteiger partial charge is 0.319 e. The van der Waals surface area contributed by atoms with Crippen molar-refractivity contribution >= 4 is 0 Å². The minimum absolute atomic E-state index is 0.462. The number of para-hydroxylation sites is 1. The van der Waals surface area contributed by atoms with E-state index in [4.69, 9.17) is 0 Å². The molecular formula is C17H24N4. The molecule has 2 aromatic rings. The maximum Gasteiger partial charge on any atom is 0.0645 e. The Balaban J connectivity index is 1.86. The number of nitrogens with zero attached hydrogens (tertiary/aromatic N) is 3. The van der Waals surface area contributed by atoms with Crippen molar-refractivity contribution < 1.29 is 0 Å². The van der Waals surface area contributed by atoms with Crippen molar-refractivity contribution in [1.82, 2.24) is 20.0 Å². The molecule has 4 nitrogen and oxygen atoms in total.